The third-order valence-corrected chi connectivity index (χ3v) is 3.11. The molecule has 2 aromatic rings. The molecule has 0 N–H and O–H groups in total. The number of carbonyl (C=O) groups excluding carboxylic acids is 1. The molecule has 0 saturated heterocycles. The van der Waals surface area contributed by atoms with Crippen molar-refractivity contribution in [2.75, 3.05) is 0 Å². The molecule has 4 nitrogen and oxygen atoms in total. The molecule has 0 aliphatic heterocycles. The van der Waals surface area contributed by atoms with Gasteiger partial charge in [0.2, 0.25) is 0 Å². The Kier molecular flexibility index (Phi) is 3.67. The van der Waals surface area contributed by atoms with Gasteiger partial charge in [-0.2, -0.15) is 9.78 Å². The molecule has 0 aliphatic rings. The Morgan fingerprint density at radius 1 is 1.42 bits per heavy atom. The first-order valence-electron chi connectivity index (χ1n) is 6.22. The number of nitrogens with zero attached hydrogens (tertiary/aromatic N) is 2. The van der Waals surface area contributed by atoms with Gasteiger partial charge in [0, 0.05) is 9.86 Å². The van der Waals surface area contributed by atoms with Crippen molar-refractivity contribution in [1.82, 2.24) is 9.78 Å². The lowest BCUT2D eigenvalue weighted by Crippen LogP contribution is -2.27. The average molecular weight is 325 g/mol. The standard InChI is InChI=1S/C14H17BrN2O2/c1-5-11-10-7-6-9(15)8-12(10)17(16-11)13(18)19-14(2,3)4/h6-8H,5H2,1-4H3. The van der Waals surface area contributed by atoms with Crippen molar-refractivity contribution >= 4 is 32.9 Å². The summed E-state index contributed by atoms with van der Waals surface area (Å²) in [7, 11) is 0. The Bertz CT molecular complexity index is 626. The number of hydrogen-bond acceptors (Lipinski definition) is 3. The van der Waals surface area contributed by atoms with E-state index in [9.17, 15) is 4.79 Å². The molecule has 0 spiro atoms. The van der Waals surface area contributed by atoms with E-state index >= 15 is 0 Å². The lowest BCUT2D eigenvalue weighted by atomic mass is 10.2. The Morgan fingerprint density at radius 2 is 2.11 bits per heavy atom. The Hall–Kier alpha value is -1.36. The van der Waals surface area contributed by atoms with E-state index < -0.39 is 11.7 Å². The summed E-state index contributed by atoms with van der Waals surface area (Å²) in [6.45, 7) is 7.54. The van der Waals surface area contributed by atoms with E-state index in [1.807, 2.05) is 45.9 Å². The minimum absolute atomic E-state index is 0.449. The normalized spacial score (nSPS) is 11.8. The first kappa shape index (κ1) is 14.1. The van der Waals surface area contributed by atoms with E-state index in [1.165, 1.54) is 4.68 Å². The van der Waals surface area contributed by atoms with Crippen LogP contribution in [0.15, 0.2) is 22.7 Å². The number of aryl methyl sites for hydroxylation is 1. The minimum atomic E-state index is -0.534. The van der Waals surface area contributed by atoms with Crippen LogP contribution in [0.4, 0.5) is 4.79 Å². The van der Waals surface area contributed by atoms with E-state index in [1.54, 1.807) is 0 Å². The highest BCUT2D eigenvalue weighted by Crippen LogP contribution is 2.24. The van der Waals surface area contributed by atoms with Gasteiger partial charge < -0.3 is 4.74 Å². The summed E-state index contributed by atoms with van der Waals surface area (Å²) in [6, 6.07) is 5.79. The van der Waals surface area contributed by atoms with Crippen LogP contribution in [0.5, 0.6) is 0 Å². The Labute approximate surface area is 120 Å². The van der Waals surface area contributed by atoms with Gasteiger partial charge in [0.1, 0.15) is 5.60 Å². The number of rotatable bonds is 1. The topological polar surface area (TPSA) is 44.1 Å². The van der Waals surface area contributed by atoms with E-state index in [-0.39, 0.29) is 0 Å². The fourth-order valence-corrected chi connectivity index (χ4v) is 2.21. The van der Waals surface area contributed by atoms with Crippen molar-refractivity contribution in [2.45, 2.75) is 39.7 Å². The molecule has 0 atom stereocenters. The quantitative estimate of drug-likeness (QED) is 0.791. The summed E-state index contributed by atoms with van der Waals surface area (Å²) in [5.41, 5.74) is 1.13. The molecule has 1 heterocycles. The zero-order chi connectivity index (χ0) is 14.2. The predicted molar refractivity (Wildman–Crippen MR) is 78.4 cm³/mol. The highest BCUT2D eigenvalue weighted by Gasteiger charge is 2.21. The second-order valence-corrected chi connectivity index (χ2v) is 6.27. The van der Waals surface area contributed by atoms with Crippen molar-refractivity contribution < 1.29 is 9.53 Å². The number of aromatic nitrogens is 2. The molecule has 5 heteroatoms. The zero-order valence-corrected chi connectivity index (χ0v) is 13.1. The summed E-state index contributed by atoms with van der Waals surface area (Å²) < 4.78 is 7.62. The second kappa shape index (κ2) is 4.96. The molecule has 0 fully saturated rings. The molecule has 2 rings (SSSR count). The van der Waals surface area contributed by atoms with Crippen molar-refractivity contribution in [3.63, 3.8) is 0 Å². The van der Waals surface area contributed by atoms with E-state index in [2.05, 4.69) is 21.0 Å². The summed E-state index contributed by atoms with van der Waals surface area (Å²) in [5, 5.41) is 5.34. The molecule has 0 bridgehead atoms. The monoisotopic (exact) mass is 324 g/mol. The third-order valence-electron chi connectivity index (χ3n) is 2.62. The summed E-state index contributed by atoms with van der Waals surface area (Å²) in [6.07, 6.45) is 0.323. The maximum atomic E-state index is 12.2. The molecular formula is C14H17BrN2O2. The number of benzene rings is 1. The summed E-state index contributed by atoms with van der Waals surface area (Å²) in [5.74, 6) is 0. The predicted octanol–water partition coefficient (Wildman–Crippen LogP) is 4.14. The van der Waals surface area contributed by atoms with Gasteiger partial charge >= 0.3 is 6.09 Å². The second-order valence-electron chi connectivity index (χ2n) is 5.35. The van der Waals surface area contributed by atoms with Crippen molar-refractivity contribution in [1.29, 1.82) is 0 Å². The van der Waals surface area contributed by atoms with Gasteiger partial charge in [0.25, 0.3) is 0 Å². The molecular weight excluding hydrogens is 308 g/mol. The van der Waals surface area contributed by atoms with Gasteiger partial charge in [-0.05, 0) is 45.4 Å². The van der Waals surface area contributed by atoms with Crippen LogP contribution >= 0.6 is 15.9 Å². The van der Waals surface area contributed by atoms with Gasteiger partial charge in [-0.15, -0.1) is 0 Å². The Balaban J connectivity index is 2.54. The molecule has 0 amide bonds. The van der Waals surface area contributed by atoms with Crippen molar-refractivity contribution in [2.24, 2.45) is 0 Å². The fraction of sp³-hybridized carbons (Fsp3) is 0.429. The maximum Gasteiger partial charge on any atom is 0.435 e. The summed E-state index contributed by atoms with van der Waals surface area (Å²) in [4.78, 5) is 12.2. The van der Waals surface area contributed by atoms with Crippen LogP contribution in [0, 0.1) is 0 Å². The number of hydrogen-bond donors (Lipinski definition) is 0. The van der Waals surface area contributed by atoms with E-state index in [4.69, 9.17) is 4.74 Å². The van der Waals surface area contributed by atoms with Crippen molar-refractivity contribution in [3.05, 3.63) is 28.4 Å². The molecule has 0 unspecified atom stereocenters. The van der Waals surface area contributed by atoms with E-state index in [0.29, 0.717) is 0 Å². The van der Waals surface area contributed by atoms with Gasteiger partial charge in [-0.1, -0.05) is 22.9 Å². The number of carbonyl (C=O) groups is 1. The van der Waals surface area contributed by atoms with Crippen LogP contribution in [0.2, 0.25) is 0 Å². The van der Waals surface area contributed by atoms with Crippen LogP contribution in [-0.2, 0) is 11.2 Å². The first-order valence-corrected chi connectivity index (χ1v) is 7.01. The lowest BCUT2D eigenvalue weighted by Gasteiger charge is -2.19. The largest absolute Gasteiger partial charge is 0.442 e. The van der Waals surface area contributed by atoms with Crippen LogP contribution in [0.1, 0.15) is 33.4 Å². The molecule has 1 aromatic carbocycles. The number of halogens is 1. The average Bonchev–Trinajstić information content (AvgIpc) is 2.64. The molecule has 1 aromatic heterocycles. The SMILES string of the molecule is CCc1nn(C(=O)OC(C)(C)C)c2cc(Br)ccc12. The Morgan fingerprint density at radius 3 is 2.68 bits per heavy atom. The van der Waals surface area contributed by atoms with Gasteiger partial charge in [-0.25, -0.2) is 4.79 Å². The zero-order valence-electron chi connectivity index (χ0n) is 11.5. The molecule has 102 valence electrons. The minimum Gasteiger partial charge on any atom is -0.442 e. The van der Waals surface area contributed by atoms with Crippen LogP contribution in [-0.4, -0.2) is 21.5 Å². The van der Waals surface area contributed by atoms with Gasteiger partial charge in [0.05, 0.1) is 11.2 Å². The van der Waals surface area contributed by atoms with Crippen LogP contribution in [0.25, 0.3) is 10.9 Å². The molecule has 0 aliphatic carbocycles. The third kappa shape index (κ3) is 2.97. The highest BCUT2D eigenvalue weighted by molar-refractivity contribution is 9.10. The highest BCUT2D eigenvalue weighted by atomic mass is 79.9. The number of ether oxygens (including phenoxy) is 1. The van der Waals surface area contributed by atoms with Crippen LogP contribution < -0.4 is 0 Å². The van der Waals surface area contributed by atoms with Crippen molar-refractivity contribution in [3.8, 4) is 0 Å². The maximum absolute atomic E-state index is 12.2. The van der Waals surface area contributed by atoms with Gasteiger partial charge in [0.15, 0.2) is 0 Å². The molecule has 19 heavy (non-hydrogen) atoms. The van der Waals surface area contributed by atoms with Crippen LogP contribution in [0.3, 0.4) is 0 Å². The number of fused-ring (bicyclic) bond motifs is 1. The smallest absolute Gasteiger partial charge is 0.435 e. The molecule has 0 saturated carbocycles. The molecule has 0 radical (unpaired) electrons. The fourth-order valence-electron chi connectivity index (χ4n) is 1.86. The summed E-state index contributed by atoms with van der Waals surface area (Å²) >= 11 is 3.42. The van der Waals surface area contributed by atoms with Gasteiger partial charge in [-0.3, -0.25) is 0 Å². The first-order chi connectivity index (χ1) is 8.81. The lowest BCUT2D eigenvalue weighted by molar-refractivity contribution is 0.0522. The van der Waals surface area contributed by atoms with E-state index in [0.717, 1.165) is 27.5 Å².